The second-order valence-corrected chi connectivity index (χ2v) is 5.38. The van der Waals surface area contributed by atoms with Crippen LogP contribution < -0.4 is 10.6 Å². The van der Waals surface area contributed by atoms with Crippen LogP contribution in [0.3, 0.4) is 0 Å². The highest BCUT2D eigenvalue weighted by Crippen LogP contribution is 2.25. The van der Waals surface area contributed by atoms with E-state index in [1.54, 1.807) is 18.2 Å². The lowest BCUT2D eigenvalue weighted by atomic mass is 9.98. The number of anilines is 1. The number of aryl methyl sites for hydroxylation is 1. The maximum atomic E-state index is 12.3. The van der Waals surface area contributed by atoms with Crippen LogP contribution >= 0.6 is 0 Å². The van der Waals surface area contributed by atoms with Gasteiger partial charge in [-0.3, -0.25) is 4.79 Å². The smallest absolute Gasteiger partial charge is 0.255 e. The number of aromatic hydroxyl groups is 1. The molecule has 2 aromatic carbocycles. The number of amides is 1. The van der Waals surface area contributed by atoms with E-state index in [-0.39, 0.29) is 11.7 Å². The zero-order valence-corrected chi connectivity index (χ0v) is 11.9. The molecule has 1 amide bonds. The van der Waals surface area contributed by atoms with Gasteiger partial charge in [-0.1, -0.05) is 12.1 Å². The van der Waals surface area contributed by atoms with E-state index in [1.165, 1.54) is 11.1 Å². The predicted molar refractivity (Wildman–Crippen MR) is 82.6 cm³/mol. The molecular weight excluding hydrogens is 264 g/mol. The minimum atomic E-state index is -0.204. The van der Waals surface area contributed by atoms with Gasteiger partial charge in [-0.2, -0.15) is 0 Å². The Hall–Kier alpha value is -2.33. The average molecular weight is 282 g/mol. The van der Waals surface area contributed by atoms with Crippen molar-refractivity contribution in [3.05, 3.63) is 58.7 Å². The van der Waals surface area contributed by atoms with Crippen LogP contribution in [0.5, 0.6) is 5.75 Å². The first-order valence-electron chi connectivity index (χ1n) is 7.07. The maximum absolute atomic E-state index is 12.3. The molecule has 0 radical (unpaired) electrons. The lowest BCUT2D eigenvalue weighted by Crippen LogP contribution is -2.24. The normalized spacial score (nSPS) is 13.6. The second-order valence-electron chi connectivity index (χ2n) is 5.38. The Labute approximate surface area is 123 Å². The topological polar surface area (TPSA) is 61.4 Å². The molecule has 4 nitrogen and oxygen atoms in total. The molecule has 108 valence electrons. The van der Waals surface area contributed by atoms with Gasteiger partial charge in [0.05, 0.1) is 5.69 Å². The third-order valence-corrected chi connectivity index (χ3v) is 3.76. The summed E-state index contributed by atoms with van der Waals surface area (Å²) < 4.78 is 0. The highest BCUT2D eigenvalue weighted by Gasteiger charge is 2.13. The Balaban J connectivity index is 1.83. The summed E-state index contributed by atoms with van der Waals surface area (Å²) in [7, 11) is 0. The average Bonchev–Trinajstić information content (AvgIpc) is 2.50. The van der Waals surface area contributed by atoms with Crippen LogP contribution in [-0.2, 0) is 13.0 Å². The number of hydrogen-bond donors (Lipinski definition) is 3. The van der Waals surface area contributed by atoms with Gasteiger partial charge < -0.3 is 15.7 Å². The van der Waals surface area contributed by atoms with Gasteiger partial charge in [0, 0.05) is 12.1 Å². The monoisotopic (exact) mass is 282 g/mol. The third-order valence-electron chi connectivity index (χ3n) is 3.76. The van der Waals surface area contributed by atoms with Crippen LogP contribution in [0.25, 0.3) is 0 Å². The van der Waals surface area contributed by atoms with E-state index in [4.69, 9.17) is 0 Å². The standard InChI is InChI=1S/C17H18N2O2/c1-11-2-5-16(20)15(8-11)19-17(21)13-4-3-12-6-7-18-10-14(12)9-13/h2-5,8-9,18,20H,6-7,10H2,1H3,(H,19,21). The number of benzene rings is 2. The summed E-state index contributed by atoms with van der Waals surface area (Å²) in [6, 6.07) is 10.9. The number of fused-ring (bicyclic) bond motifs is 1. The molecule has 0 fully saturated rings. The molecule has 3 rings (SSSR count). The number of phenolic OH excluding ortho intramolecular Hbond substituents is 1. The highest BCUT2D eigenvalue weighted by atomic mass is 16.3. The fraction of sp³-hybridized carbons (Fsp3) is 0.235. The predicted octanol–water partition coefficient (Wildman–Crippen LogP) is 2.60. The van der Waals surface area contributed by atoms with E-state index in [9.17, 15) is 9.90 Å². The van der Waals surface area contributed by atoms with E-state index in [0.717, 1.165) is 25.1 Å². The molecule has 0 saturated heterocycles. The molecule has 2 aromatic rings. The van der Waals surface area contributed by atoms with Crippen LogP contribution in [0, 0.1) is 6.92 Å². The molecular formula is C17H18N2O2. The summed E-state index contributed by atoms with van der Waals surface area (Å²) in [5.41, 5.74) is 4.50. The molecule has 0 bridgehead atoms. The largest absolute Gasteiger partial charge is 0.506 e. The van der Waals surface area contributed by atoms with Gasteiger partial charge in [0.15, 0.2) is 0 Å². The van der Waals surface area contributed by atoms with E-state index < -0.39 is 0 Å². The van der Waals surface area contributed by atoms with Gasteiger partial charge in [0.25, 0.3) is 5.91 Å². The molecule has 1 aliphatic heterocycles. The van der Waals surface area contributed by atoms with E-state index in [2.05, 4.69) is 10.6 Å². The molecule has 0 aliphatic carbocycles. The van der Waals surface area contributed by atoms with Crippen molar-refractivity contribution in [1.29, 1.82) is 0 Å². The molecule has 0 unspecified atom stereocenters. The molecule has 0 aromatic heterocycles. The Morgan fingerprint density at radius 1 is 1.19 bits per heavy atom. The van der Waals surface area contributed by atoms with E-state index in [1.807, 2.05) is 25.1 Å². The summed E-state index contributed by atoms with van der Waals surface area (Å²) in [4.78, 5) is 12.3. The first-order chi connectivity index (χ1) is 10.1. The Bertz CT molecular complexity index is 695. The molecule has 0 saturated carbocycles. The van der Waals surface area contributed by atoms with Crippen molar-refractivity contribution in [1.82, 2.24) is 5.32 Å². The van der Waals surface area contributed by atoms with Crippen LogP contribution in [0.1, 0.15) is 27.0 Å². The quantitative estimate of drug-likeness (QED) is 0.742. The minimum absolute atomic E-state index is 0.0774. The highest BCUT2D eigenvalue weighted by molar-refractivity contribution is 6.05. The van der Waals surface area contributed by atoms with Crippen molar-refractivity contribution in [3.8, 4) is 5.75 Å². The van der Waals surface area contributed by atoms with E-state index in [0.29, 0.717) is 11.3 Å². The summed E-state index contributed by atoms with van der Waals surface area (Å²) in [6.45, 7) is 3.70. The van der Waals surface area contributed by atoms with Gasteiger partial charge in [0.1, 0.15) is 5.75 Å². The Kier molecular flexibility index (Phi) is 3.62. The maximum Gasteiger partial charge on any atom is 0.255 e. The number of carbonyl (C=O) groups is 1. The number of carbonyl (C=O) groups excluding carboxylic acids is 1. The molecule has 21 heavy (non-hydrogen) atoms. The van der Waals surface area contributed by atoms with Gasteiger partial charge in [-0.15, -0.1) is 0 Å². The van der Waals surface area contributed by atoms with Crippen molar-refractivity contribution in [3.63, 3.8) is 0 Å². The number of phenols is 1. The molecule has 0 spiro atoms. The van der Waals surface area contributed by atoms with Crippen LogP contribution in [0.4, 0.5) is 5.69 Å². The molecule has 1 heterocycles. The third kappa shape index (κ3) is 2.90. The van der Waals surface area contributed by atoms with Crippen molar-refractivity contribution in [2.45, 2.75) is 19.9 Å². The SMILES string of the molecule is Cc1ccc(O)c(NC(=O)c2ccc3c(c2)CNCC3)c1. The summed E-state index contributed by atoms with van der Waals surface area (Å²) >= 11 is 0. The van der Waals surface area contributed by atoms with Gasteiger partial charge in [-0.25, -0.2) is 0 Å². The van der Waals surface area contributed by atoms with Crippen molar-refractivity contribution in [2.24, 2.45) is 0 Å². The van der Waals surface area contributed by atoms with Crippen molar-refractivity contribution >= 4 is 11.6 Å². The second kappa shape index (κ2) is 5.58. The van der Waals surface area contributed by atoms with Gasteiger partial charge >= 0.3 is 0 Å². The summed E-state index contributed by atoms with van der Waals surface area (Å²) in [6.07, 6.45) is 0.996. The van der Waals surface area contributed by atoms with Crippen LogP contribution in [-0.4, -0.2) is 17.6 Å². The lowest BCUT2D eigenvalue weighted by Gasteiger charge is -2.17. The summed E-state index contributed by atoms with van der Waals surface area (Å²) in [5, 5.41) is 15.9. The van der Waals surface area contributed by atoms with Crippen LogP contribution in [0.15, 0.2) is 36.4 Å². The zero-order valence-electron chi connectivity index (χ0n) is 11.9. The van der Waals surface area contributed by atoms with E-state index >= 15 is 0 Å². The van der Waals surface area contributed by atoms with Crippen molar-refractivity contribution < 1.29 is 9.90 Å². The molecule has 4 heteroatoms. The molecule has 3 N–H and O–H groups in total. The van der Waals surface area contributed by atoms with Crippen LogP contribution in [0.2, 0.25) is 0 Å². The Morgan fingerprint density at radius 3 is 2.90 bits per heavy atom. The fourth-order valence-corrected chi connectivity index (χ4v) is 2.57. The number of hydrogen-bond acceptors (Lipinski definition) is 3. The Morgan fingerprint density at radius 2 is 2.05 bits per heavy atom. The van der Waals surface area contributed by atoms with Gasteiger partial charge in [0.2, 0.25) is 0 Å². The molecule has 1 aliphatic rings. The van der Waals surface area contributed by atoms with Gasteiger partial charge in [-0.05, 0) is 60.8 Å². The van der Waals surface area contributed by atoms with Crippen molar-refractivity contribution in [2.75, 3.05) is 11.9 Å². The molecule has 0 atom stereocenters. The first kappa shape index (κ1) is 13.6. The zero-order chi connectivity index (χ0) is 14.8. The summed E-state index contributed by atoms with van der Waals surface area (Å²) in [5.74, 6) is -0.127. The fourth-order valence-electron chi connectivity index (χ4n) is 2.57. The number of rotatable bonds is 2. The lowest BCUT2D eigenvalue weighted by molar-refractivity contribution is 0.102. The first-order valence-corrected chi connectivity index (χ1v) is 7.07. The number of nitrogens with one attached hydrogen (secondary N) is 2. The minimum Gasteiger partial charge on any atom is -0.506 e.